The second-order valence-corrected chi connectivity index (χ2v) is 4.92. The van der Waals surface area contributed by atoms with Gasteiger partial charge in [-0.1, -0.05) is 6.92 Å². The Hall–Kier alpha value is -1.64. The Kier molecular flexibility index (Phi) is 5.49. The maximum atomic E-state index is 12.4. The molecule has 0 bridgehead atoms. The number of hydrogen-bond acceptors (Lipinski definition) is 4. The molecule has 0 fully saturated rings. The van der Waals surface area contributed by atoms with E-state index in [0.717, 1.165) is 11.3 Å². The number of nitrogens with zero attached hydrogens (tertiary/aromatic N) is 2. The zero-order valence-electron chi connectivity index (χ0n) is 11.0. The van der Waals surface area contributed by atoms with Crippen molar-refractivity contribution in [3.05, 3.63) is 11.1 Å². The highest BCUT2D eigenvalue weighted by Gasteiger charge is 2.33. The normalized spacial score (nSPS) is 11.2. The van der Waals surface area contributed by atoms with Crippen molar-refractivity contribution >= 4 is 28.3 Å². The Bertz CT molecular complexity index is 488. The van der Waals surface area contributed by atoms with Gasteiger partial charge in [-0.3, -0.25) is 9.59 Å². The van der Waals surface area contributed by atoms with Crippen LogP contribution < -0.4 is 5.32 Å². The number of carbonyl (C=O) groups is 2. The van der Waals surface area contributed by atoms with Gasteiger partial charge in [0.15, 0.2) is 5.13 Å². The van der Waals surface area contributed by atoms with Gasteiger partial charge < -0.3 is 10.2 Å². The van der Waals surface area contributed by atoms with E-state index >= 15 is 0 Å². The van der Waals surface area contributed by atoms with E-state index in [2.05, 4.69) is 10.3 Å². The molecular weight excluding hydrogens is 295 g/mol. The minimum absolute atomic E-state index is 0.00859. The topological polar surface area (TPSA) is 62.3 Å². The van der Waals surface area contributed by atoms with Crippen molar-refractivity contribution in [2.45, 2.75) is 26.4 Å². The number of amides is 2. The number of hydrogen-bond donors (Lipinski definition) is 1. The van der Waals surface area contributed by atoms with Crippen LogP contribution in [-0.2, 0) is 4.79 Å². The molecule has 1 heterocycles. The number of halogens is 3. The molecule has 0 spiro atoms. The van der Waals surface area contributed by atoms with E-state index < -0.39 is 18.6 Å². The average molecular weight is 309 g/mol. The molecule has 0 atom stereocenters. The molecule has 0 radical (unpaired) electrons. The highest BCUT2D eigenvalue weighted by atomic mass is 32.1. The van der Waals surface area contributed by atoms with E-state index in [9.17, 15) is 22.8 Å². The Morgan fingerprint density at radius 1 is 1.45 bits per heavy atom. The fraction of sp³-hybridized carbons (Fsp3) is 0.545. The molecule has 1 N–H and O–H groups in total. The molecule has 0 aliphatic rings. The lowest BCUT2D eigenvalue weighted by Crippen LogP contribution is -2.39. The minimum Gasteiger partial charge on any atom is -0.328 e. The van der Waals surface area contributed by atoms with Gasteiger partial charge >= 0.3 is 6.18 Å². The Labute approximate surface area is 117 Å². The van der Waals surface area contributed by atoms with Gasteiger partial charge in [0, 0.05) is 18.8 Å². The van der Waals surface area contributed by atoms with Gasteiger partial charge in [0.05, 0.1) is 0 Å². The van der Waals surface area contributed by atoms with Crippen molar-refractivity contribution in [3.63, 3.8) is 0 Å². The van der Waals surface area contributed by atoms with Crippen LogP contribution in [0, 0.1) is 0 Å². The molecule has 112 valence electrons. The van der Waals surface area contributed by atoms with Crippen molar-refractivity contribution in [1.29, 1.82) is 0 Å². The first-order valence-electron chi connectivity index (χ1n) is 5.82. The van der Waals surface area contributed by atoms with Crippen molar-refractivity contribution in [3.8, 4) is 0 Å². The predicted molar refractivity (Wildman–Crippen MR) is 68.7 cm³/mol. The van der Waals surface area contributed by atoms with E-state index in [-0.39, 0.29) is 23.3 Å². The molecule has 5 nitrogen and oxygen atoms in total. The first kappa shape index (κ1) is 16.4. The fourth-order valence-corrected chi connectivity index (χ4v) is 2.21. The van der Waals surface area contributed by atoms with Crippen LogP contribution >= 0.6 is 11.3 Å². The van der Waals surface area contributed by atoms with E-state index in [0.29, 0.717) is 11.3 Å². The van der Waals surface area contributed by atoms with Crippen molar-refractivity contribution in [2.75, 3.05) is 18.4 Å². The summed E-state index contributed by atoms with van der Waals surface area (Å²) < 4.78 is 37.2. The van der Waals surface area contributed by atoms with Gasteiger partial charge in [-0.2, -0.15) is 13.2 Å². The molecule has 0 saturated carbocycles. The maximum absolute atomic E-state index is 12.4. The van der Waals surface area contributed by atoms with Crippen LogP contribution in [0.25, 0.3) is 0 Å². The summed E-state index contributed by atoms with van der Waals surface area (Å²) in [6.07, 6.45) is -4.05. The molecule has 20 heavy (non-hydrogen) atoms. The van der Waals surface area contributed by atoms with Gasteiger partial charge in [0.1, 0.15) is 12.2 Å². The summed E-state index contributed by atoms with van der Waals surface area (Å²) in [7, 11) is 0. The van der Waals surface area contributed by atoms with Gasteiger partial charge in [0.2, 0.25) is 5.91 Å². The highest BCUT2D eigenvalue weighted by molar-refractivity contribution is 7.14. The summed E-state index contributed by atoms with van der Waals surface area (Å²) >= 11 is 0.988. The quantitative estimate of drug-likeness (QED) is 0.909. The van der Waals surface area contributed by atoms with E-state index in [1.54, 1.807) is 6.92 Å². The molecule has 0 aliphatic carbocycles. The Balaban J connectivity index is 2.83. The fourth-order valence-electron chi connectivity index (χ4n) is 1.48. The van der Waals surface area contributed by atoms with E-state index in [1.807, 2.05) is 0 Å². The third-order valence-electron chi connectivity index (χ3n) is 2.16. The minimum atomic E-state index is -4.46. The second-order valence-electron chi connectivity index (χ2n) is 4.06. The van der Waals surface area contributed by atoms with E-state index in [4.69, 9.17) is 0 Å². The molecule has 1 aromatic heterocycles. The van der Waals surface area contributed by atoms with Crippen LogP contribution in [0.1, 0.15) is 30.8 Å². The van der Waals surface area contributed by atoms with Crippen LogP contribution in [0.4, 0.5) is 18.3 Å². The number of aromatic nitrogens is 1. The van der Waals surface area contributed by atoms with Gasteiger partial charge in [-0.25, -0.2) is 4.98 Å². The van der Waals surface area contributed by atoms with Crippen molar-refractivity contribution in [1.82, 2.24) is 9.88 Å². The van der Waals surface area contributed by atoms with Crippen LogP contribution in [-0.4, -0.2) is 41.0 Å². The van der Waals surface area contributed by atoms with Crippen LogP contribution in [0.15, 0.2) is 5.38 Å². The SMILES string of the molecule is CCCN(CC(F)(F)F)C(=O)c1csc(NC(C)=O)n1. The number of anilines is 1. The lowest BCUT2D eigenvalue weighted by Gasteiger charge is -2.22. The zero-order valence-corrected chi connectivity index (χ0v) is 11.8. The lowest BCUT2D eigenvalue weighted by molar-refractivity contribution is -0.140. The number of nitrogens with one attached hydrogen (secondary N) is 1. The van der Waals surface area contributed by atoms with Gasteiger partial charge in [-0.05, 0) is 6.42 Å². The van der Waals surface area contributed by atoms with Crippen LogP contribution in [0.2, 0.25) is 0 Å². The third kappa shape index (κ3) is 5.16. The monoisotopic (exact) mass is 309 g/mol. The highest BCUT2D eigenvalue weighted by Crippen LogP contribution is 2.20. The molecule has 1 rings (SSSR count). The molecule has 0 unspecified atom stereocenters. The molecule has 0 saturated heterocycles. The summed E-state index contributed by atoms with van der Waals surface area (Å²) in [5.41, 5.74) is -0.101. The number of thiazole rings is 1. The molecule has 0 aliphatic heterocycles. The zero-order chi connectivity index (χ0) is 15.3. The molecule has 0 aromatic carbocycles. The summed E-state index contributed by atoms with van der Waals surface area (Å²) in [5, 5.41) is 3.89. The number of alkyl halides is 3. The second kappa shape index (κ2) is 6.69. The largest absolute Gasteiger partial charge is 0.406 e. The smallest absolute Gasteiger partial charge is 0.328 e. The first-order valence-corrected chi connectivity index (χ1v) is 6.70. The predicted octanol–water partition coefficient (Wildman–Crippen LogP) is 2.52. The molecule has 2 amide bonds. The van der Waals surface area contributed by atoms with Gasteiger partial charge in [0.25, 0.3) is 5.91 Å². The van der Waals surface area contributed by atoms with Crippen LogP contribution in [0.3, 0.4) is 0 Å². The summed E-state index contributed by atoms with van der Waals surface area (Å²) in [6.45, 7) is 1.63. The average Bonchev–Trinajstić information content (AvgIpc) is 2.73. The lowest BCUT2D eigenvalue weighted by atomic mass is 10.3. The third-order valence-corrected chi connectivity index (χ3v) is 2.91. The Morgan fingerprint density at radius 2 is 2.10 bits per heavy atom. The summed E-state index contributed by atoms with van der Waals surface area (Å²) in [6, 6.07) is 0. The first-order chi connectivity index (χ1) is 9.23. The maximum Gasteiger partial charge on any atom is 0.406 e. The standard InChI is InChI=1S/C11H14F3N3O2S/c1-3-4-17(6-11(12,13)14)9(19)8-5-20-10(16-8)15-7(2)18/h5H,3-4,6H2,1-2H3,(H,15,16,18). The van der Waals surface area contributed by atoms with Crippen molar-refractivity contribution in [2.24, 2.45) is 0 Å². The molecular formula is C11H14F3N3O2S. The summed E-state index contributed by atoms with van der Waals surface area (Å²) in [4.78, 5) is 27.3. The Morgan fingerprint density at radius 3 is 2.60 bits per heavy atom. The van der Waals surface area contributed by atoms with Crippen LogP contribution in [0.5, 0.6) is 0 Å². The summed E-state index contributed by atoms with van der Waals surface area (Å²) in [5.74, 6) is -1.16. The number of rotatable bonds is 5. The molecule has 1 aromatic rings. The number of carbonyl (C=O) groups excluding carboxylic acids is 2. The van der Waals surface area contributed by atoms with Gasteiger partial charge in [-0.15, -0.1) is 11.3 Å². The molecule has 9 heteroatoms. The van der Waals surface area contributed by atoms with Crippen molar-refractivity contribution < 1.29 is 22.8 Å². The van der Waals surface area contributed by atoms with E-state index in [1.165, 1.54) is 12.3 Å².